The van der Waals surface area contributed by atoms with Gasteiger partial charge >= 0.3 is 0 Å². The molecule has 0 radical (unpaired) electrons. The molecule has 1 fully saturated rings. The molecule has 1 N–H and O–H groups in total. The summed E-state index contributed by atoms with van der Waals surface area (Å²) in [6.45, 7) is 2.47. The number of ether oxygens (including phenoxy) is 2. The van der Waals surface area contributed by atoms with E-state index in [0.29, 0.717) is 42.5 Å². The van der Waals surface area contributed by atoms with Crippen LogP contribution in [-0.4, -0.2) is 45.9 Å². The normalized spacial score (nSPS) is 16.5. The van der Waals surface area contributed by atoms with Gasteiger partial charge in [0.2, 0.25) is 15.9 Å². The zero-order valence-electron chi connectivity index (χ0n) is 17.8. The minimum absolute atomic E-state index is 0.0964. The summed E-state index contributed by atoms with van der Waals surface area (Å²) in [4.78, 5) is 13.0. The average Bonchev–Trinajstić information content (AvgIpc) is 2.78. The van der Waals surface area contributed by atoms with Crippen LogP contribution < -0.4 is 14.8 Å². The average molecular weight is 467 g/mol. The SMILES string of the molecule is COc1ccc(OC)c([C@H](C)NC(=O)C2CCN(S(=O)(=O)c3ccc(Cl)cc3)CC2)c1. The number of methoxy groups -OCH3 is 2. The smallest absolute Gasteiger partial charge is 0.243 e. The third-order valence-electron chi connectivity index (χ3n) is 5.54. The predicted octanol–water partition coefficient (Wildman–Crippen LogP) is 3.64. The highest BCUT2D eigenvalue weighted by molar-refractivity contribution is 7.89. The van der Waals surface area contributed by atoms with E-state index >= 15 is 0 Å². The molecule has 1 heterocycles. The Bertz CT molecular complexity index is 1020. The topological polar surface area (TPSA) is 84.9 Å². The summed E-state index contributed by atoms with van der Waals surface area (Å²) in [5.74, 6) is 0.992. The number of sulfonamides is 1. The standard InChI is InChI=1S/C22H27ClN2O5S/c1-15(20-14-18(29-2)6-9-21(20)30-3)24-22(26)16-10-12-25(13-11-16)31(27,28)19-7-4-17(23)5-8-19/h4-9,14-16H,10-13H2,1-3H3,(H,24,26)/t15-/m0/s1. The van der Waals surface area contributed by atoms with E-state index in [1.807, 2.05) is 13.0 Å². The van der Waals surface area contributed by atoms with Gasteiger partial charge in [-0.1, -0.05) is 11.6 Å². The lowest BCUT2D eigenvalue weighted by atomic mass is 9.96. The van der Waals surface area contributed by atoms with Gasteiger partial charge in [0, 0.05) is 29.6 Å². The number of hydrogen-bond donors (Lipinski definition) is 1. The van der Waals surface area contributed by atoms with Crippen molar-refractivity contribution in [2.75, 3.05) is 27.3 Å². The third-order valence-corrected chi connectivity index (χ3v) is 7.70. The third kappa shape index (κ3) is 5.31. The summed E-state index contributed by atoms with van der Waals surface area (Å²) in [5.41, 5.74) is 0.818. The molecule has 0 spiro atoms. The number of halogens is 1. The number of nitrogens with zero attached hydrogens (tertiary/aromatic N) is 1. The van der Waals surface area contributed by atoms with Gasteiger partial charge < -0.3 is 14.8 Å². The van der Waals surface area contributed by atoms with E-state index in [-0.39, 0.29) is 22.8 Å². The van der Waals surface area contributed by atoms with Gasteiger partial charge in [0.05, 0.1) is 25.2 Å². The molecule has 168 valence electrons. The van der Waals surface area contributed by atoms with Crippen LogP contribution in [0.1, 0.15) is 31.4 Å². The molecule has 9 heteroatoms. The van der Waals surface area contributed by atoms with Crippen molar-refractivity contribution < 1.29 is 22.7 Å². The van der Waals surface area contributed by atoms with Gasteiger partial charge in [-0.2, -0.15) is 4.31 Å². The van der Waals surface area contributed by atoms with Gasteiger partial charge in [0.25, 0.3) is 0 Å². The molecule has 0 aliphatic carbocycles. The maximum atomic E-state index is 12.8. The molecular formula is C22H27ClN2O5S. The summed E-state index contributed by atoms with van der Waals surface area (Å²) in [6, 6.07) is 11.3. The Labute approximate surface area is 188 Å². The van der Waals surface area contributed by atoms with Gasteiger partial charge in [-0.25, -0.2) is 8.42 Å². The van der Waals surface area contributed by atoms with Gasteiger partial charge in [-0.15, -0.1) is 0 Å². The summed E-state index contributed by atoms with van der Waals surface area (Å²) in [7, 11) is -0.434. The first-order chi connectivity index (χ1) is 14.8. The molecule has 1 atom stereocenters. The molecule has 0 saturated carbocycles. The highest BCUT2D eigenvalue weighted by atomic mass is 35.5. The number of carbonyl (C=O) groups excluding carboxylic acids is 1. The Balaban J connectivity index is 1.62. The van der Waals surface area contributed by atoms with E-state index in [1.165, 1.54) is 16.4 Å². The summed E-state index contributed by atoms with van der Waals surface area (Å²) >= 11 is 5.86. The van der Waals surface area contributed by atoms with Crippen molar-refractivity contribution >= 4 is 27.5 Å². The predicted molar refractivity (Wildman–Crippen MR) is 119 cm³/mol. The Hall–Kier alpha value is -2.29. The van der Waals surface area contributed by atoms with Crippen molar-refractivity contribution in [1.29, 1.82) is 0 Å². The second kappa shape index (κ2) is 9.89. The highest BCUT2D eigenvalue weighted by Gasteiger charge is 2.32. The van der Waals surface area contributed by atoms with E-state index in [0.717, 1.165) is 5.56 Å². The van der Waals surface area contributed by atoms with Gasteiger partial charge in [-0.05, 0) is 62.2 Å². The van der Waals surface area contributed by atoms with Crippen LogP contribution in [0.3, 0.4) is 0 Å². The van der Waals surface area contributed by atoms with Crippen molar-refractivity contribution in [3.8, 4) is 11.5 Å². The van der Waals surface area contributed by atoms with E-state index in [2.05, 4.69) is 5.32 Å². The Kier molecular flexibility index (Phi) is 7.46. The maximum absolute atomic E-state index is 12.8. The number of hydrogen-bond acceptors (Lipinski definition) is 5. The minimum atomic E-state index is -3.60. The maximum Gasteiger partial charge on any atom is 0.243 e. The minimum Gasteiger partial charge on any atom is -0.497 e. The van der Waals surface area contributed by atoms with Crippen molar-refractivity contribution in [3.05, 3.63) is 53.1 Å². The molecule has 1 amide bonds. The second-order valence-electron chi connectivity index (χ2n) is 7.47. The number of piperidine rings is 1. The molecule has 1 aliphatic heterocycles. The molecular weight excluding hydrogens is 440 g/mol. The monoisotopic (exact) mass is 466 g/mol. The van der Waals surface area contributed by atoms with Crippen LogP contribution >= 0.6 is 11.6 Å². The molecule has 1 saturated heterocycles. The first-order valence-electron chi connectivity index (χ1n) is 10.0. The largest absolute Gasteiger partial charge is 0.497 e. The summed E-state index contributed by atoms with van der Waals surface area (Å²) in [5, 5.41) is 3.51. The molecule has 2 aromatic rings. The zero-order chi connectivity index (χ0) is 22.6. The van der Waals surface area contributed by atoms with Crippen molar-refractivity contribution in [3.63, 3.8) is 0 Å². The van der Waals surface area contributed by atoms with E-state index < -0.39 is 10.0 Å². The molecule has 0 bridgehead atoms. The van der Waals surface area contributed by atoms with Gasteiger partial charge in [0.1, 0.15) is 11.5 Å². The zero-order valence-corrected chi connectivity index (χ0v) is 19.4. The van der Waals surface area contributed by atoms with Crippen LogP contribution in [0.25, 0.3) is 0 Å². The molecule has 31 heavy (non-hydrogen) atoms. The number of rotatable bonds is 7. The number of carbonyl (C=O) groups is 1. The van der Waals surface area contributed by atoms with E-state index in [9.17, 15) is 13.2 Å². The number of amides is 1. The molecule has 3 rings (SSSR count). The lowest BCUT2D eigenvalue weighted by Gasteiger charge is -2.31. The Morgan fingerprint density at radius 3 is 2.32 bits per heavy atom. The van der Waals surface area contributed by atoms with E-state index in [1.54, 1.807) is 38.5 Å². The van der Waals surface area contributed by atoms with E-state index in [4.69, 9.17) is 21.1 Å². The fourth-order valence-corrected chi connectivity index (χ4v) is 5.30. The number of nitrogens with one attached hydrogen (secondary N) is 1. The van der Waals surface area contributed by atoms with Crippen molar-refractivity contribution in [2.45, 2.75) is 30.7 Å². The first-order valence-corrected chi connectivity index (χ1v) is 11.9. The fraction of sp³-hybridized carbons (Fsp3) is 0.409. The lowest BCUT2D eigenvalue weighted by Crippen LogP contribution is -2.43. The molecule has 7 nitrogen and oxygen atoms in total. The van der Waals surface area contributed by atoms with Crippen LogP contribution in [-0.2, 0) is 14.8 Å². The lowest BCUT2D eigenvalue weighted by molar-refractivity contribution is -0.126. The molecule has 0 aromatic heterocycles. The summed E-state index contributed by atoms with van der Waals surface area (Å²) < 4.78 is 37.8. The Morgan fingerprint density at radius 1 is 1.10 bits per heavy atom. The van der Waals surface area contributed by atoms with Crippen LogP contribution in [0, 0.1) is 5.92 Å². The molecule has 2 aromatic carbocycles. The van der Waals surface area contributed by atoms with Gasteiger partial charge in [0.15, 0.2) is 0 Å². The Morgan fingerprint density at radius 2 is 1.74 bits per heavy atom. The van der Waals surface area contributed by atoms with Crippen LogP contribution in [0.2, 0.25) is 5.02 Å². The molecule has 0 unspecified atom stereocenters. The summed E-state index contributed by atoms with van der Waals surface area (Å²) in [6.07, 6.45) is 0.918. The van der Waals surface area contributed by atoms with Gasteiger partial charge in [-0.3, -0.25) is 4.79 Å². The first kappa shape index (κ1) is 23.4. The van der Waals surface area contributed by atoms with Crippen LogP contribution in [0.5, 0.6) is 11.5 Å². The van der Waals surface area contributed by atoms with Crippen molar-refractivity contribution in [2.24, 2.45) is 5.92 Å². The quantitative estimate of drug-likeness (QED) is 0.673. The second-order valence-corrected chi connectivity index (χ2v) is 9.84. The van der Waals surface area contributed by atoms with Crippen molar-refractivity contribution in [1.82, 2.24) is 9.62 Å². The van der Waals surface area contributed by atoms with Crippen LogP contribution in [0.4, 0.5) is 0 Å². The fourth-order valence-electron chi connectivity index (χ4n) is 3.70. The van der Waals surface area contributed by atoms with Crippen LogP contribution in [0.15, 0.2) is 47.4 Å². The molecule has 1 aliphatic rings. The number of benzene rings is 2. The highest BCUT2D eigenvalue weighted by Crippen LogP contribution is 2.30.